The highest BCUT2D eigenvalue weighted by Gasteiger charge is 2.21. The van der Waals surface area contributed by atoms with Gasteiger partial charge in [-0.25, -0.2) is 15.0 Å². The summed E-state index contributed by atoms with van der Waals surface area (Å²) in [5.41, 5.74) is 7.69. The van der Waals surface area contributed by atoms with Crippen molar-refractivity contribution in [1.82, 2.24) is 15.0 Å². The fourth-order valence-corrected chi connectivity index (χ4v) is 11.1. The first-order chi connectivity index (χ1) is 31.2. The van der Waals surface area contributed by atoms with Crippen LogP contribution in [0.5, 0.6) is 0 Å². The molecule has 0 unspecified atom stereocenters. The molecule has 0 spiro atoms. The topological polar surface area (TPSA) is 38.7 Å². The Labute approximate surface area is 367 Å². The Hall–Kier alpha value is -8.05. The van der Waals surface area contributed by atoms with Crippen molar-refractivity contribution in [2.75, 3.05) is 0 Å². The van der Waals surface area contributed by atoms with E-state index in [9.17, 15) is 0 Å². The molecule has 11 aromatic carbocycles. The number of fused-ring (bicyclic) bond motifs is 9. The minimum atomic E-state index is 0.640. The van der Waals surface area contributed by atoms with E-state index in [1.165, 1.54) is 74.7 Å². The zero-order valence-electron chi connectivity index (χ0n) is 34.0. The standard InChI is InChI=1S/C59H35N3S/c1-3-18-38-36(15-1)17-13-27-41(38)47-31-33-51(44-23-8-6-21-42(44)47)57-60-58(62-59(61-57)53-29-14-28-50-49-26-11-12-30-55(49)63-56(50)53)52-34-32-48(43-22-7-9-24-45(43)52)54-35-37-16-2-4-19-39(37)40-20-5-10-25-46(40)54/h1-35H. The molecule has 3 nitrogen and oxygen atoms in total. The van der Waals surface area contributed by atoms with E-state index in [4.69, 9.17) is 15.0 Å². The Kier molecular flexibility index (Phi) is 8.08. The molecular formula is C59H35N3S. The highest BCUT2D eigenvalue weighted by molar-refractivity contribution is 7.26. The first-order valence-corrected chi connectivity index (χ1v) is 22.2. The molecule has 0 amide bonds. The van der Waals surface area contributed by atoms with E-state index in [0.717, 1.165) is 38.2 Å². The van der Waals surface area contributed by atoms with Gasteiger partial charge in [0.25, 0.3) is 0 Å². The summed E-state index contributed by atoms with van der Waals surface area (Å²) in [7, 11) is 0. The molecule has 0 fully saturated rings. The molecule has 0 saturated carbocycles. The summed E-state index contributed by atoms with van der Waals surface area (Å²) < 4.78 is 2.41. The number of aromatic nitrogens is 3. The van der Waals surface area contributed by atoms with Crippen molar-refractivity contribution in [3.8, 4) is 56.4 Å². The van der Waals surface area contributed by atoms with Crippen LogP contribution >= 0.6 is 11.3 Å². The minimum absolute atomic E-state index is 0.640. The zero-order valence-corrected chi connectivity index (χ0v) is 34.8. The third-order valence-electron chi connectivity index (χ3n) is 12.7. The summed E-state index contributed by atoms with van der Waals surface area (Å²) in [6.45, 7) is 0. The van der Waals surface area contributed by atoms with Crippen molar-refractivity contribution < 1.29 is 0 Å². The van der Waals surface area contributed by atoms with Gasteiger partial charge in [0.1, 0.15) is 0 Å². The van der Waals surface area contributed by atoms with Crippen LogP contribution in [0.1, 0.15) is 0 Å². The van der Waals surface area contributed by atoms with Gasteiger partial charge < -0.3 is 0 Å². The van der Waals surface area contributed by atoms with Crippen molar-refractivity contribution in [2.24, 2.45) is 0 Å². The van der Waals surface area contributed by atoms with Crippen molar-refractivity contribution >= 4 is 85.4 Å². The smallest absolute Gasteiger partial charge is 0.165 e. The molecule has 0 radical (unpaired) electrons. The molecule has 13 rings (SSSR count). The van der Waals surface area contributed by atoms with Gasteiger partial charge in [-0.15, -0.1) is 11.3 Å². The Bertz CT molecular complexity index is 3990. The van der Waals surface area contributed by atoms with Gasteiger partial charge in [0, 0.05) is 36.9 Å². The SMILES string of the molecule is c1ccc2c(-c3ccc(-c4nc(-c5ccc(-c6cc7ccccc7c7ccccc67)c6ccccc56)nc(-c5cccc6c5sc5ccccc56)n4)c4ccccc34)cccc2c1. The normalized spacial score (nSPS) is 11.8. The lowest BCUT2D eigenvalue weighted by Gasteiger charge is -2.16. The molecule has 0 N–H and O–H groups in total. The molecule has 4 heteroatoms. The van der Waals surface area contributed by atoms with Crippen LogP contribution in [-0.4, -0.2) is 15.0 Å². The third kappa shape index (κ3) is 5.69. The molecule has 2 aromatic heterocycles. The van der Waals surface area contributed by atoms with Crippen LogP contribution in [0.4, 0.5) is 0 Å². The lowest BCUT2D eigenvalue weighted by atomic mass is 9.89. The summed E-state index contributed by atoms with van der Waals surface area (Å²) in [5.74, 6) is 1.94. The van der Waals surface area contributed by atoms with Gasteiger partial charge in [-0.2, -0.15) is 0 Å². The maximum Gasteiger partial charge on any atom is 0.165 e. The summed E-state index contributed by atoms with van der Waals surface area (Å²) in [6.07, 6.45) is 0. The lowest BCUT2D eigenvalue weighted by Crippen LogP contribution is -2.01. The summed E-state index contributed by atoms with van der Waals surface area (Å²) in [5, 5.41) is 14.3. The number of benzene rings is 11. The van der Waals surface area contributed by atoms with Crippen LogP contribution in [0.3, 0.4) is 0 Å². The Balaban J connectivity index is 1.06. The van der Waals surface area contributed by atoms with E-state index in [-0.39, 0.29) is 0 Å². The maximum absolute atomic E-state index is 5.45. The largest absolute Gasteiger partial charge is 0.208 e. The van der Waals surface area contributed by atoms with E-state index in [1.807, 2.05) is 0 Å². The molecule has 0 aliphatic rings. The van der Waals surface area contributed by atoms with Gasteiger partial charge in [-0.3, -0.25) is 0 Å². The second-order valence-corrected chi connectivity index (χ2v) is 17.3. The lowest BCUT2D eigenvalue weighted by molar-refractivity contribution is 1.08. The summed E-state index contributed by atoms with van der Waals surface area (Å²) in [6, 6.07) is 76.4. The highest BCUT2D eigenvalue weighted by Crippen LogP contribution is 2.44. The highest BCUT2D eigenvalue weighted by atomic mass is 32.1. The van der Waals surface area contributed by atoms with Crippen molar-refractivity contribution in [2.45, 2.75) is 0 Å². The minimum Gasteiger partial charge on any atom is -0.208 e. The average molecular weight is 818 g/mol. The average Bonchev–Trinajstić information content (AvgIpc) is 3.74. The van der Waals surface area contributed by atoms with Crippen molar-refractivity contribution in [3.63, 3.8) is 0 Å². The van der Waals surface area contributed by atoms with Gasteiger partial charge in [0.2, 0.25) is 0 Å². The first kappa shape index (κ1) is 35.7. The molecule has 2 heterocycles. The van der Waals surface area contributed by atoms with Crippen LogP contribution in [0.25, 0.3) is 130 Å². The van der Waals surface area contributed by atoms with E-state index in [1.54, 1.807) is 11.3 Å². The van der Waals surface area contributed by atoms with Crippen molar-refractivity contribution in [1.29, 1.82) is 0 Å². The van der Waals surface area contributed by atoms with Crippen LogP contribution in [0.2, 0.25) is 0 Å². The number of hydrogen-bond donors (Lipinski definition) is 0. The molecule has 0 aliphatic heterocycles. The molecular weight excluding hydrogens is 783 g/mol. The van der Waals surface area contributed by atoms with Crippen LogP contribution in [0.15, 0.2) is 212 Å². The number of hydrogen-bond acceptors (Lipinski definition) is 4. The predicted molar refractivity (Wildman–Crippen MR) is 267 cm³/mol. The van der Waals surface area contributed by atoms with Gasteiger partial charge in [0.05, 0.1) is 0 Å². The molecule has 292 valence electrons. The first-order valence-electron chi connectivity index (χ1n) is 21.4. The van der Waals surface area contributed by atoms with Gasteiger partial charge >= 0.3 is 0 Å². The second kappa shape index (κ2) is 14.3. The molecule has 0 atom stereocenters. The van der Waals surface area contributed by atoms with Crippen LogP contribution in [-0.2, 0) is 0 Å². The van der Waals surface area contributed by atoms with Crippen molar-refractivity contribution in [3.05, 3.63) is 212 Å². The number of thiophene rings is 1. The molecule has 63 heavy (non-hydrogen) atoms. The van der Waals surface area contributed by atoms with Gasteiger partial charge in [-0.1, -0.05) is 182 Å². The van der Waals surface area contributed by atoms with Gasteiger partial charge in [-0.05, 0) is 106 Å². The Morgan fingerprint density at radius 2 is 0.635 bits per heavy atom. The molecule has 0 saturated heterocycles. The monoisotopic (exact) mass is 817 g/mol. The van der Waals surface area contributed by atoms with E-state index in [2.05, 4.69) is 212 Å². The summed E-state index contributed by atoms with van der Waals surface area (Å²) in [4.78, 5) is 16.3. The fraction of sp³-hybridized carbons (Fsp3) is 0. The van der Waals surface area contributed by atoms with E-state index < -0.39 is 0 Å². The molecule has 13 aromatic rings. The van der Waals surface area contributed by atoms with E-state index in [0.29, 0.717) is 17.5 Å². The van der Waals surface area contributed by atoms with Gasteiger partial charge in [0.15, 0.2) is 17.5 Å². The van der Waals surface area contributed by atoms with E-state index >= 15 is 0 Å². The number of rotatable bonds is 5. The predicted octanol–water partition coefficient (Wildman–Crippen LogP) is 16.3. The fourth-order valence-electron chi connectivity index (χ4n) is 9.86. The quantitative estimate of drug-likeness (QED) is 0.162. The Morgan fingerprint density at radius 1 is 0.238 bits per heavy atom. The van der Waals surface area contributed by atoms with Crippen LogP contribution in [0, 0.1) is 0 Å². The summed E-state index contributed by atoms with van der Waals surface area (Å²) >= 11 is 1.79. The number of nitrogens with zero attached hydrogens (tertiary/aromatic N) is 3. The zero-order chi connectivity index (χ0) is 41.4. The van der Waals surface area contributed by atoms with Crippen LogP contribution < -0.4 is 0 Å². The third-order valence-corrected chi connectivity index (χ3v) is 14.0. The maximum atomic E-state index is 5.45. The second-order valence-electron chi connectivity index (χ2n) is 16.2. The Morgan fingerprint density at radius 3 is 1.30 bits per heavy atom. The molecule has 0 bridgehead atoms. The molecule has 0 aliphatic carbocycles.